The molecule has 190 valence electrons. The number of benzene rings is 3. The Balaban J connectivity index is 1.35. The molecule has 0 aromatic heterocycles. The minimum absolute atomic E-state index is 0.0370. The van der Waals surface area contributed by atoms with E-state index in [0.717, 1.165) is 36.1 Å². The number of rotatable bonds is 5. The van der Waals surface area contributed by atoms with Crippen molar-refractivity contribution in [1.29, 1.82) is 5.26 Å². The van der Waals surface area contributed by atoms with Crippen molar-refractivity contribution in [2.45, 2.75) is 30.8 Å². The fourth-order valence-corrected chi connectivity index (χ4v) is 5.73. The van der Waals surface area contributed by atoms with Crippen molar-refractivity contribution >= 4 is 11.7 Å². The van der Waals surface area contributed by atoms with Gasteiger partial charge in [0.1, 0.15) is 5.75 Å². The molecule has 0 spiro atoms. The van der Waals surface area contributed by atoms with Crippen LogP contribution in [0.4, 0.5) is 10.5 Å². The molecule has 3 aromatic carbocycles. The van der Waals surface area contributed by atoms with E-state index in [4.69, 9.17) is 4.74 Å². The summed E-state index contributed by atoms with van der Waals surface area (Å²) in [6, 6.07) is 25.7. The number of nitrogens with zero attached hydrogens (tertiary/aromatic N) is 3. The number of fused-ring (bicyclic) bond motifs is 1. The summed E-state index contributed by atoms with van der Waals surface area (Å²) in [6.45, 7) is 2.29. The van der Waals surface area contributed by atoms with E-state index in [1.807, 2.05) is 47.4 Å². The van der Waals surface area contributed by atoms with Crippen LogP contribution in [0, 0.1) is 11.3 Å². The average molecular weight is 497 g/mol. The topological polar surface area (TPSA) is 88.8 Å². The smallest absolute Gasteiger partial charge is 0.322 e. The maximum Gasteiger partial charge on any atom is 0.322 e. The number of hydrogen-bond acceptors (Lipinski definition) is 5. The van der Waals surface area contributed by atoms with Crippen molar-refractivity contribution in [3.8, 4) is 22.9 Å². The number of urea groups is 1. The first-order valence-electron chi connectivity index (χ1n) is 12.8. The molecule has 2 aliphatic heterocycles. The fourth-order valence-electron chi connectivity index (χ4n) is 5.73. The van der Waals surface area contributed by atoms with E-state index < -0.39 is 0 Å². The number of carbonyl (C=O) groups excluding carboxylic acids is 1. The second kappa shape index (κ2) is 11.0. The molecule has 2 saturated heterocycles. The van der Waals surface area contributed by atoms with E-state index in [1.165, 1.54) is 0 Å². The van der Waals surface area contributed by atoms with Gasteiger partial charge < -0.3 is 20.1 Å². The Morgan fingerprint density at radius 1 is 1.05 bits per heavy atom. The number of hydrogen-bond donors (Lipinski definition) is 2. The number of amides is 2. The SMILES string of the molecule is COc1ccccc1NC(=O)N1CCCCN2[C@H](CO)[C@H](c3ccc(-c4cccc(C#N)c4)cc3)[C@@H]2C1. The van der Waals surface area contributed by atoms with Crippen LogP contribution in [0.1, 0.15) is 29.9 Å². The van der Waals surface area contributed by atoms with Gasteiger partial charge in [-0.1, -0.05) is 48.5 Å². The molecule has 3 atom stereocenters. The molecule has 7 nitrogen and oxygen atoms in total. The van der Waals surface area contributed by atoms with E-state index in [1.54, 1.807) is 13.2 Å². The second-order valence-electron chi connectivity index (χ2n) is 9.68. The average Bonchev–Trinajstić information content (AvgIpc) is 2.92. The predicted octanol–water partition coefficient (Wildman–Crippen LogP) is 4.69. The minimum atomic E-state index is -0.134. The Hall–Kier alpha value is -3.86. The first-order valence-corrected chi connectivity index (χ1v) is 12.8. The third-order valence-corrected chi connectivity index (χ3v) is 7.63. The number of methoxy groups -OCH3 is 1. The van der Waals surface area contributed by atoms with Gasteiger partial charge in [-0.2, -0.15) is 5.26 Å². The maximum atomic E-state index is 13.3. The van der Waals surface area contributed by atoms with E-state index in [-0.39, 0.29) is 30.6 Å². The lowest BCUT2D eigenvalue weighted by molar-refractivity contribution is -0.0585. The van der Waals surface area contributed by atoms with E-state index in [9.17, 15) is 15.2 Å². The highest BCUT2D eigenvalue weighted by Crippen LogP contribution is 2.42. The number of aliphatic hydroxyl groups is 1. The van der Waals surface area contributed by atoms with E-state index >= 15 is 0 Å². The summed E-state index contributed by atoms with van der Waals surface area (Å²) in [7, 11) is 1.60. The van der Waals surface area contributed by atoms with Crippen LogP contribution >= 0.6 is 0 Å². The minimum Gasteiger partial charge on any atom is -0.495 e. The first-order chi connectivity index (χ1) is 18.1. The molecule has 3 aromatic rings. The van der Waals surface area contributed by atoms with Gasteiger partial charge in [0.2, 0.25) is 0 Å². The molecule has 5 rings (SSSR count). The summed E-state index contributed by atoms with van der Waals surface area (Å²) in [5.74, 6) is 0.760. The van der Waals surface area contributed by atoms with Crippen LogP contribution in [-0.2, 0) is 0 Å². The van der Waals surface area contributed by atoms with Gasteiger partial charge in [0.05, 0.1) is 31.0 Å². The van der Waals surface area contributed by atoms with Gasteiger partial charge in [-0.15, -0.1) is 0 Å². The lowest BCUT2D eigenvalue weighted by Crippen LogP contribution is -2.68. The first kappa shape index (κ1) is 24.8. The van der Waals surface area contributed by atoms with Crippen molar-refractivity contribution in [3.05, 3.63) is 83.9 Å². The molecule has 7 heteroatoms. The predicted molar refractivity (Wildman–Crippen MR) is 144 cm³/mol. The van der Waals surface area contributed by atoms with Crippen LogP contribution in [-0.4, -0.2) is 66.4 Å². The van der Waals surface area contributed by atoms with Gasteiger partial charge in [-0.25, -0.2) is 4.79 Å². The highest BCUT2D eigenvalue weighted by molar-refractivity contribution is 5.91. The standard InChI is InChI=1S/C30H32N4O3/c1-37-28-10-3-2-9-25(28)32-30(36)33-15-4-5-16-34-26(19-33)29(27(34)20-35)23-13-11-22(12-14-23)24-8-6-7-21(17-24)18-31/h2-3,6-14,17,26-27,29,35H,4-5,15-16,19-20H2,1H3,(H,32,36)/t26-,27+,29+/m0/s1. The molecular formula is C30H32N4O3. The monoisotopic (exact) mass is 496 g/mol. The summed E-state index contributed by atoms with van der Waals surface area (Å²) < 4.78 is 5.40. The quantitative estimate of drug-likeness (QED) is 0.535. The lowest BCUT2D eigenvalue weighted by atomic mass is 9.74. The van der Waals surface area contributed by atoms with Crippen LogP contribution in [0.5, 0.6) is 5.75 Å². The van der Waals surface area contributed by atoms with Crippen LogP contribution in [0.3, 0.4) is 0 Å². The zero-order chi connectivity index (χ0) is 25.8. The van der Waals surface area contributed by atoms with Crippen LogP contribution < -0.4 is 10.1 Å². The lowest BCUT2D eigenvalue weighted by Gasteiger charge is -2.57. The molecule has 2 aliphatic rings. The highest BCUT2D eigenvalue weighted by atomic mass is 16.5. The number of nitriles is 1. The molecule has 0 unspecified atom stereocenters. The molecule has 0 bridgehead atoms. The van der Waals surface area contributed by atoms with Gasteiger partial charge in [-0.05, 0) is 60.3 Å². The maximum absolute atomic E-state index is 13.3. The number of carbonyl (C=O) groups is 1. The van der Waals surface area contributed by atoms with Gasteiger partial charge in [0.25, 0.3) is 0 Å². The molecule has 2 fully saturated rings. The normalized spacial score (nSPS) is 21.5. The third-order valence-electron chi connectivity index (χ3n) is 7.63. The zero-order valence-electron chi connectivity index (χ0n) is 21.0. The molecule has 37 heavy (non-hydrogen) atoms. The zero-order valence-corrected chi connectivity index (χ0v) is 21.0. The van der Waals surface area contributed by atoms with Gasteiger partial charge in [0.15, 0.2) is 0 Å². The molecular weight excluding hydrogens is 464 g/mol. The fraction of sp³-hybridized carbons (Fsp3) is 0.333. The summed E-state index contributed by atoms with van der Waals surface area (Å²) in [5.41, 5.74) is 4.50. The number of para-hydroxylation sites is 2. The largest absolute Gasteiger partial charge is 0.495 e. The Morgan fingerprint density at radius 3 is 2.59 bits per heavy atom. The Bertz CT molecular complexity index is 1290. The van der Waals surface area contributed by atoms with E-state index in [0.29, 0.717) is 30.1 Å². The molecule has 2 amide bonds. The third kappa shape index (κ3) is 5.04. The molecule has 0 saturated carbocycles. The number of ether oxygens (including phenoxy) is 1. The van der Waals surface area contributed by atoms with Crippen molar-refractivity contribution in [1.82, 2.24) is 9.80 Å². The van der Waals surface area contributed by atoms with Crippen molar-refractivity contribution in [2.24, 2.45) is 0 Å². The van der Waals surface area contributed by atoms with Crippen molar-refractivity contribution < 1.29 is 14.6 Å². The Morgan fingerprint density at radius 2 is 1.84 bits per heavy atom. The van der Waals surface area contributed by atoms with Crippen LogP contribution in [0.15, 0.2) is 72.8 Å². The number of anilines is 1. The number of aliphatic hydroxyl groups excluding tert-OH is 1. The van der Waals surface area contributed by atoms with Gasteiger partial charge in [-0.3, -0.25) is 4.90 Å². The van der Waals surface area contributed by atoms with Gasteiger partial charge >= 0.3 is 6.03 Å². The Kier molecular flexibility index (Phi) is 7.40. The van der Waals surface area contributed by atoms with Gasteiger partial charge in [0, 0.05) is 31.1 Å². The second-order valence-corrected chi connectivity index (χ2v) is 9.68. The van der Waals surface area contributed by atoms with E-state index in [2.05, 4.69) is 40.6 Å². The van der Waals surface area contributed by atoms with Crippen molar-refractivity contribution in [3.63, 3.8) is 0 Å². The summed E-state index contributed by atoms with van der Waals surface area (Å²) in [5, 5.41) is 22.5. The van der Waals surface area contributed by atoms with Crippen LogP contribution in [0.25, 0.3) is 11.1 Å². The summed E-state index contributed by atoms with van der Waals surface area (Å²) in [4.78, 5) is 17.5. The number of nitrogens with one attached hydrogen (secondary N) is 1. The molecule has 0 aliphatic carbocycles. The summed E-state index contributed by atoms with van der Waals surface area (Å²) >= 11 is 0. The van der Waals surface area contributed by atoms with Crippen LogP contribution in [0.2, 0.25) is 0 Å². The van der Waals surface area contributed by atoms with Crippen molar-refractivity contribution in [2.75, 3.05) is 38.7 Å². The Labute approximate surface area is 217 Å². The summed E-state index contributed by atoms with van der Waals surface area (Å²) in [6.07, 6.45) is 1.90. The molecule has 0 radical (unpaired) electrons. The highest BCUT2D eigenvalue weighted by Gasteiger charge is 2.49. The molecule has 2 N–H and O–H groups in total. The molecule has 2 heterocycles.